The number of carbonyl (C=O) groups excluding carboxylic acids is 1. The molecule has 0 aliphatic carbocycles. The van der Waals surface area contributed by atoms with E-state index in [4.69, 9.17) is 5.11 Å². The van der Waals surface area contributed by atoms with Crippen molar-refractivity contribution in [3.8, 4) is 0 Å². The van der Waals surface area contributed by atoms with Crippen molar-refractivity contribution >= 4 is 12.4 Å². The maximum atomic E-state index is 10.0. The number of rotatable bonds is 3. The van der Waals surface area contributed by atoms with E-state index in [-0.39, 0.29) is 6.61 Å². The van der Waals surface area contributed by atoms with Crippen LogP contribution in [0.3, 0.4) is 0 Å². The minimum absolute atomic E-state index is 0.000625. The molecular formula is C10H10O2. The predicted octanol–water partition coefficient (Wildman–Crippen LogP) is 1.39. The van der Waals surface area contributed by atoms with Gasteiger partial charge < -0.3 is 5.11 Å². The Hall–Kier alpha value is -1.41. The highest BCUT2D eigenvalue weighted by Gasteiger charge is 1.94. The highest BCUT2D eigenvalue weighted by atomic mass is 16.3. The minimum atomic E-state index is -0.000625. The summed E-state index contributed by atoms with van der Waals surface area (Å²) in [4.78, 5) is 10.0. The van der Waals surface area contributed by atoms with Gasteiger partial charge in [0.05, 0.1) is 6.61 Å². The van der Waals surface area contributed by atoms with Crippen LogP contribution in [0.4, 0.5) is 0 Å². The molecule has 0 bridgehead atoms. The smallest absolute Gasteiger partial charge is 0.142 e. The normalized spacial score (nSPS) is 10.4. The molecule has 2 heteroatoms. The molecule has 1 N–H and O–H groups in total. The standard InChI is InChI=1S/C10H10O2/c11-7-3-6-9-4-1-2-5-10(9)8-12/h1-7,12H,8H2/b6-3+. The second-order valence-electron chi connectivity index (χ2n) is 2.35. The lowest BCUT2D eigenvalue weighted by atomic mass is 10.1. The lowest BCUT2D eigenvalue weighted by Crippen LogP contribution is -1.86. The lowest BCUT2D eigenvalue weighted by Gasteiger charge is -1.99. The van der Waals surface area contributed by atoms with Crippen LogP contribution in [-0.2, 0) is 11.4 Å². The average Bonchev–Trinajstić information content (AvgIpc) is 2.15. The highest BCUT2D eigenvalue weighted by molar-refractivity contribution is 5.74. The van der Waals surface area contributed by atoms with Gasteiger partial charge in [0.1, 0.15) is 6.29 Å². The maximum Gasteiger partial charge on any atom is 0.142 e. The van der Waals surface area contributed by atoms with Gasteiger partial charge in [-0.1, -0.05) is 30.3 Å². The summed E-state index contributed by atoms with van der Waals surface area (Å²) in [5.41, 5.74) is 1.71. The third kappa shape index (κ3) is 2.04. The number of carbonyl (C=O) groups is 1. The lowest BCUT2D eigenvalue weighted by molar-refractivity contribution is -0.104. The second kappa shape index (κ2) is 4.46. The molecule has 0 saturated heterocycles. The van der Waals surface area contributed by atoms with Crippen LogP contribution in [0, 0.1) is 0 Å². The molecule has 0 aliphatic heterocycles. The van der Waals surface area contributed by atoms with E-state index in [1.54, 1.807) is 6.08 Å². The minimum Gasteiger partial charge on any atom is -0.392 e. The number of hydrogen-bond donors (Lipinski definition) is 1. The summed E-state index contributed by atoms with van der Waals surface area (Å²) in [5, 5.41) is 8.90. The Morgan fingerprint density at radius 3 is 2.75 bits per heavy atom. The Labute approximate surface area is 71.2 Å². The van der Waals surface area contributed by atoms with Gasteiger partial charge in [0.15, 0.2) is 0 Å². The van der Waals surface area contributed by atoms with E-state index in [0.717, 1.165) is 11.1 Å². The third-order valence-electron chi connectivity index (χ3n) is 1.58. The molecule has 0 aromatic heterocycles. The van der Waals surface area contributed by atoms with Crippen molar-refractivity contribution in [1.82, 2.24) is 0 Å². The van der Waals surface area contributed by atoms with Gasteiger partial charge in [-0.05, 0) is 17.2 Å². The number of hydrogen-bond acceptors (Lipinski definition) is 2. The summed E-state index contributed by atoms with van der Waals surface area (Å²) in [6.07, 6.45) is 3.81. The first-order valence-corrected chi connectivity index (χ1v) is 3.69. The molecule has 12 heavy (non-hydrogen) atoms. The molecule has 0 atom stereocenters. The van der Waals surface area contributed by atoms with Crippen LogP contribution in [0.1, 0.15) is 11.1 Å². The summed E-state index contributed by atoms with van der Waals surface area (Å²) >= 11 is 0. The quantitative estimate of drug-likeness (QED) is 0.538. The van der Waals surface area contributed by atoms with Gasteiger partial charge >= 0.3 is 0 Å². The van der Waals surface area contributed by atoms with Crippen molar-refractivity contribution in [2.24, 2.45) is 0 Å². The molecule has 0 fully saturated rings. The van der Waals surface area contributed by atoms with Crippen LogP contribution in [0.25, 0.3) is 6.08 Å². The molecule has 1 aromatic carbocycles. The van der Waals surface area contributed by atoms with Crippen molar-refractivity contribution in [2.75, 3.05) is 0 Å². The molecule has 1 aromatic rings. The zero-order chi connectivity index (χ0) is 8.81. The Morgan fingerprint density at radius 2 is 2.08 bits per heavy atom. The van der Waals surface area contributed by atoms with Crippen molar-refractivity contribution < 1.29 is 9.90 Å². The first kappa shape index (κ1) is 8.68. The zero-order valence-corrected chi connectivity index (χ0v) is 6.60. The van der Waals surface area contributed by atoms with Crippen LogP contribution >= 0.6 is 0 Å². The monoisotopic (exact) mass is 162 g/mol. The summed E-state index contributed by atoms with van der Waals surface area (Å²) in [6, 6.07) is 7.39. The van der Waals surface area contributed by atoms with E-state index in [1.165, 1.54) is 6.08 Å². The predicted molar refractivity (Wildman–Crippen MR) is 47.5 cm³/mol. The van der Waals surface area contributed by atoms with E-state index in [0.29, 0.717) is 6.29 Å². The Balaban J connectivity index is 2.96. The van der Waals surface area contributed by atoms with E-state index >= 15 is 0 Å². The topological polar surface area (TPSA) is 37.3 Å². The SMILES string of the molecule is O=C/C=C/c1ccccc1CO. The molecule has 0 radical (unpaired) electrons. The molecule has 0 amide bonds. The molecule has 0 heterocycles. The summed E-state index contributed by atoms with van der Waals surface area (Å²) in [6.45, 7) is -0.000625. The van der Waals surface area contributed by atoms with Crippen molar-refractivity contribution in [2.45, 2.75) is 6.61 Å². The number of aliphatic hydroxyl groups is 1. The highest BCUT2D eigenvalue weighted by Crippen LogP contribution is 2.09. The van der Waals surface area contributed by atoms with Crippen LogP contribution in [0.5, 0.6) is 0 Å². The molecular weight excluding hydrogens is 152 g/mol. The molecule has 0 saturated carbocycles. The van der Waals surface area contributed by atoms with Crippen LogP contribution in [0.2, 0.25) is 0 Å². The fraction of sp³-hybridized carbons (Fsp3) is 0.100. The first-order chi connectivity index (χ1) is 5.88. The Kier molecular flexibility index (Phi) is 3.23. The van der Waals surface area contributed by atoms with Gasteiger partial charge in [-0.3, -0.25) is 4.79 Å². The maximum absolute atomic E-state index is 10.0. The summed E-state index contributed by atoms with van der Waals surface area (Å²) < 4.78 is 0. The Morgan fingerprint density at radius 1 is 1.33 bits per heavy atom. The van der Waals surface area contributed by atoms with Crippen LogP contribution in [0.15, 0.2) is 30.3 Å². The number of aldehydes is 1. The summed E-state index contributed by atoms with van der Waals surface area (Å²) in [5.74, 6) is 0. The fourth-order valence-electron chi connectivity index (χ4n) is 0.984. The van der Waals surface area contributed by atoms with Crippen molar-refractivity contribution in [1.29, 1.82) is 0 Å². The van der Waals surface area contributed by atoms with Gasteiger partial charge in [0.2, 0.25) is 0 Å². The van der Waals surface area contributed by atoms with Gasteiger partial charge in [0, 0.05) is 0 Å². The van der Waals surface area contributed by atoms with Crippen molar-refractivity contribution in [3.05, 3.63) is 41.5 Å². The van der Waals surface area contributed by atoms with Crippen LogP contribution in [-0.4, -0.2) is 11.4 Å². The number of benzene rings is 1. The molecule has 0 unspecified atom stereocenters. The average molecular weight is 162 g/mol. The molecule has 0 spiro atoms. The third-order valence-corrected chi connectivity index (χ3v) is 1.58. The Bertz CT molecular complexity index is 290. The largest absolute Gasteiger partial charge is 0.392 e. The molecule has 2 nitrogen and oxygen atoms in total. The fourth-order valence-corrected chi connectivity index (χ4v) is 0.984. The molecule has 0 aliphatic rings. The van der Waals surface area contributed by atoms with Crippen LogP contribution < -0.4 is 0 Å². The zero-order valence-electron chi connectivity index (χ0n) is 6.60. The van der Waals surface area contributed by atoms with Gasteiger partial charge in [-0.15, -0.1) is 0 Å². The second-order valence-corrected chi connectivity index (χ2v) is 2.35. The summed E-state index contributed by atoms with van der Waals surface area (Å²) in [7, 11) is 0. The van der Waals surface area contributed by atoms with Crippen molar-refractivity contribution in [3.63, 3.8) is 0 Å². The van der Waals surface area contributed by atoms with Gasteiger partial charge in [0.25, 0.3) is 0 Å². The van der Waals surface area contributed by atoms with Gasteiger partial charge in [-0.2, -0.15) is 0 Å². The number of allylic oxidation sites excluding steroid dienone is 1. The van der Waals surface area contributed by atoms with E-state index in [1.807, 2.05) is 24.3 Å². The van der Waals surface area contributed by atoms with E-state index in [9.17, 15) is 4.79 Å². The molecule has 1 rings (SSSR count). The molecule has 62 valence electrons. The van der Waals surface area contributed by atoms with E-state index in [2.05, 4.69) is 0 Å². The van der Waals surface area contributed by atoms with E-state index < -0.39 is 0 Å². The first-order valence-electron chi connectivity index (χ1n) is 3.69. The van der Waals surface area contributed by atoms with Gasteiger partial charge in [-0.25, -0.2) is 0 Å². The number of aliphatic hydroxyl groups excluding tert-OH is 1.